The Labute approximate surface area is 107 Å². The van der Waals surface area contributed by atoms with Crippen molar-refractivity contribution in [3.05, 3.63) is 38.9 Å². The highest BCUT2D eigenvalue weighted by molar-refractivity contribution is 6.40. The van der Waals surface area contributed by atoms with Crippen molar-refractivity contribution in [3.63, 3.8) is 0 Å². The molecule has 0 saturated carbocycles. The Balaban J connectivity index is 0.000000583. The van der Waals surface area contributed by atoms with Crippen molar-refractivity contribution in [1.29, 1.82) is 0 Å². The van der Waals surface area contributed by atoms with Gasteiger partial charge in [0.2, 0.25) is 0 Å². The van der Waals surface area contributed by atoms with Crippen LogP contribution in [0.4, 0.5) is 5.69 Å². The van der Waals surface area contributed by atoms with E-state index in [-0.39, 0.29) is 16.9 Å². The maximum atomic E-state index is 10.4. The molecular formula is C8H7Cl4NO2. The van der Waals surface area contributed by atoms with Crippen LogP contribution < -0.4 is 0 Å². The third-order valence-electron chi connectivity index (χ3n) is 1.38. The van der Waals surface area contributed by atoms with Gasteiger partial charge in [0.15, 0.2) is 0 Å². The monoisotopic (exact) mass is 289 g/mol. The second kappa shape index (κ2) is 7.99. The number of halogens is 4. The van der Waals surface area contributed by atoms with Gasteiger partial charge in [0.1, 0.15) is 0 Å². The van der Waals surface area contributed by atoms with E-state index in [4.69, 9.17) is 46.4 Å². The molecule has 0 aromatic heterocycles. The molecule has 0 N–H and O–H groups in total. The molecule has 84 valence electrons. The molecule has 15 heavy (non-hydrogen) atoms. The maximum Gasteiger partial charge on any atom is 0.273 e. The Morgan fingerprint density at radius 3 is 2.20 bits per heavy atom. The Kier molecular flexibility index (Phi) is 7.88. The van der Waals surface area contributed by atoms with Crippen LogP contribution in [0.25, 0.3) is 0 Å². The normalized spacial score (nSPS) is 9.07. The highest BCUT2D eigenvalue weighted by Gasteiger charge is 2.11. The Morgan fingerprint density at radius 2 is 1.80 bits per heavy atom. The number of benzene rings is 1. The van der Waals surface area contributed by atoms with Gasteiger partial charge < -0.3 is 0 Å². The molecule has 0 radical (unpaired) electrons. The summed E-state index contributed by atoms with van der Waals surface area (Å²) in [6.07, 6.45) is 0. The second-order valence-corrected chi connectivity index (χ2v) is 3.78. The van der Waals surface area contributed by atoms with Crippen LogP contribution in [0.2, 0.25) is 5.02 Å². The number of alkyl halides is 3. The third-order valence-corrected chi connectivity index (χ3v) is 1.91. The molecule has 0 bridgehead atoms. The fourth-order valence-electron chi connectivity index (χ4n) is 0.839. The molecule has 3 nitrogen and oxygen atoms in total. The third kappa shape index (κ3) is 5.42. The lowest BCUT2D eigenvalue weighted by atomic mass is 10.2. The van der Waals surface area contributed by atoms with Crippen molar-refractivity contribution in [1.82, 2.24) is 0 Å². The number of nitro groups is 1. The lowest BCUT2D eigenvalue weighted by molar-refractivity contribution is -0.385. The highest BCUT2D eigenvalue weighted by atomic mass is 35.5. The summed E-state index contributed by atoms with van der Waals surface area (Å²) < 4.78 is 0. The SMILES string of the molecule is ClCCl.O=[N+]([O-])c1ccc(Cl)cc1CCl. The standard InChI is InChI=1S/C7H5Cl2NO2.CH2Cl2/c8-4-5-3-6(9)1-2-7(5)10(11)12;2-1-3/h1-3H,4H2;1H2. The number of hydrogen-bond acceptors (Lipinski definition) is 2. The van der Waals surface area contributed by atoms with Gasteiger partial charge in [0, 0.05) is 16.7 Å². The minimum absolute atomic E-state index is 0.00870. The van der Waals surface area contributed by atoms with Crippen molar-refractivity contribution in [3.8, 4) is 0 Å². The van der Waals surface area contributed by atoms with E-state index in [1.807, 2.05) is 0 Å². The molecule has 0 heterocycles. The van der Waals surface area contributed by atoms with Crippen LogP contribution in [0.15, 0.2) is 18.2 Å². The van der Waals surface area contributed by atoms with Crippen LogP contribution >= 0.6 is 46.4 Å². The minimum Gasteiger partial charge on any atom is -0.258 e. The number of hydrogen-bond donors (Lipinski definition) is 0. The lowest BCUT2D eigenvalue weighted by Crippen LogP contribution is -1.92. The minimum atomic E-state index is -0.478. The van der Waals surface area contributed by atoms with Gasteiger partial charge in [-0.3, -0.25) is 10.1 Å². The molecule has 1 aromatic carbocycles. The quantitative estimate of drug-likeness (QED) is 0.460. The van der Waals surface area contributed by atoms with Crippen LogP contribution in [0.1, 0.15) is 5.56 Å². The second-order valence-electron chi connectivity index (χ2n) is 2.26. The summed E-state index contributed by atoms with van der Waals surface area (Å²) in [6, 6.07) is 4.31. The molecule has 1 rings (SSSR count). The average Bonchev–Trinajstić information content (AvgIpc) is 2.18. The van der Waals surface area contributed by atoms with Gasteiger partial charge in [-0.15, -0.1) is 34.8 Å². The molecule has 0 aliphatic heterocycles. The van der Waals surface area contributed by atoms with Crippen LogP contribution in [0, 0.1) is 10.1 Å². The van der Waals surface area contributed by atoms with E-state index in [2.05, 4.69) is 0 Å². The first-order valence-electron chi connectivity index (χ1n) is 3.67. The highest BCUT2D eigenvalue weighted by Crippen LogP contribution is 2.23. The average molecular weight is 291 g/mol. The first kappa shape index (κ1) is 14.8. The zero-order chi connectivity index (χ0) is 11.8. The largest absolute Gasteiger partial charge is 0.273 e. The fourth-order valence-corrected chi connectivity index (χ4v) is 1.25. The van der Waals surface area contributed by atoms with Crippen molar-refractivity contribution in [2.45, 2.75) is 5.88 Å². The van der Waals surface area contributed by atoms with Crippen LogP contribution in [-0.2, 0) is 5.88 Å². The summed E-state index contributed by atoms with van der Waals surface area (Å²) >= 11 is 20.6. The summed E-state index contributed by atoms with van der Waals surface area (Å²) in [4.78, 5) is 9.92. The van der Waals surface area contributed by atoms with Gasteiger partial charge in [0.05, 0.1) is 16.1 Å². The zero-order valence-corrected chi connectivity index (χ0v) is 10.4. The van der Waals surface area contributed by atoms with Crippen molar-refractivity contribution in [2.75, 3.05) is 5.34 Å². The van der Waals surface area contributed by atoms with E-state index in [9.17, 15) is 10.1 Å². The van der Waals surface area contributed by atoms with Gasteiger partial charge in [-0.2, -0.15) is 0 Å². The van der Waals surface area contributed by atoms with E-state index in [1.54, 1.807) is 0 Å². The summed E-state index contributed by atoms with van der Waals surface area (Å²) in [5.74, 6) is 0.0941. The first-order chi connectivity index (χ1) is 7.06. The predicted molar refractivity (Wildman–Crippen MR) is 64.2 cm³/mol. The number of nitro benzene ring substituents is 1. The van der Waals surface area contributed by atoms with Gasteiger partial charge in [-0.25, -0.2) is 0 Å². The van der Waals surface area contributed by atoms with Crippen molar-refractivity contribution < 1.29 is 4.92 Å². The van der Waals surface area contributed by atoms with E-state index < -0.39 is 4.92 Å². The summed E-state index contributed by atoms with van der Waals surface area (Å²) in [7, 11) is 0. The topological polar surface area (TPSA) is 43.1 Å². The lowest BCUT2D eigenvalue weighted by Gasteiger charge is -1.97. The Hall–Kier alpha value is -0.220. The van der Waals surface area contributed by atoms with Crippen LogP contribution in [-0.4, -0.2) is 10.3 Å². The van der Waals surface area contributed by atoms with Crippen molar-refractivity contribution in [2.24, 2.45) is 0 Å². The molecule has 0 amide bonds. The summed E-state index contributed by atoms with van der Waals surface area (Å²) in [5.41, 5.74) is 0.448. The summed E-state index contributed by atoms with van der Waals surface area (Å²) in [6.45, 7) is 0. The van der Waals surface area contributed by atoms with Gasteiger partial charge in [-0.05, 0) is 12.1 Å². The molecule has 0 aliphatic carbocycles. The molecule has 0 atom stereocenters. The van der Waals surface area contributed by atoms with E-state index in [0.717, 1.165) is 0 Å². The molecular weight excluding hydrogens is 284 g/mol. The molecule has 1 aromatic rings. The number of rotatable bonds is 2. The van der Waals surface area contributed by atoms with Crippen LogP contribution in [0.3, 0.4) is 0 Å². The van der Waals surface area contributed by atoms with Crippen molar-refractivity contribution >= 4 is 52.1 Å². The van der Waals surface area contributed by atoms with Gasteiger partial charge in [-0.1, -0.05) is 11.6 Å². The molecule has 0 saturated heterocycles. The Bertz CT molecular complexity index is 332. The predicted octanol–water partition coefficient (Wildman–Crippen LogP) is 4.41. The van der Waals surface area contributed by atoms with Gasteiger partial charge in [0.25, 0.3) is 5.69 Å². The first-order valence-corrected chi connectivity index (χ1v) is 5.65. The van der Waals surface area contributed by atoms with Crippen LogP contribution in [0.5, 0.6) is 0 Å². The smallest absolute Gasteiger partial charge is 0.258 e. The molecule has 0 aliphatic rings. The summed E-state index contributed by atoms with van der Waals surface area (Å²) in [5, 5.41) is 11.0. The van der Waals surface area contributed by atoms with E-state index >= 15 is 0 Å². The molecule has 0 unspecified atom stereocenters. The number of nitrogens with zero attached hydrogens (tertiary/aromatic N) is 1. The fraction of sp³-hybridized carbons (Fsp3) is 0.250. The zero-order valence-electron chi connectivity index (χ0n) is 7.42. The van der Waals surface area contributed by atoms with Gasteiger partial charge >= 0.3 is 0 Å². The molecule has 0 spiro atoms. The van der Waals surface area contributed by atoms with E-state index in [0.29, 0.717) is 10.6 Å². The molecule has 0 fully saturated rings. The Morgan fingerprint density at radius 1 is 1.27 bits per heavy atom. The maximum absolute atomic E-state index is 10.4. The van der Waals surface area contributed by atoms with E-state index in [1.165, 1.54) is 18.2 Å². The molecule has 7 heteroatoms.